The summed E-state index contributed by atoms with van der Waals surface area (Å²) in [5.41, 5.74) is 9.59. The summed E-state index contributed by atoms with van der Waals surface area (Å²) >= 11 is 0. The summed E-state index contributed by atoms with van der Waals surface area (Å²) in [5, 5.41) is 0. The lowest BCUT2D eigenvalue weighted by Crippen LogP contribution is -2.53. The first kappa shape index (κ1) is 12.3. The van der Waals surface area contributed by atoms with E-state index in [1.807, 2.05) is 0 Å². The van der Waals surface area contributed by atoms with Crippen LogP contribution in [0.25, 0.3) is 0 Å². The largest absolute Gasteiger partial charge is 0.497 e. The van der Waals surface area contributed by atoms with Crippen molar-refractivity contribution < 1.29 is 14.3 Å². The standard InChI is InChI=1S/C11H16N2O3/c1-11(13,10(12)14)7-16-9-5-3-8(15-2)4-6-9/h3-6H,7,13H2,1-2H3,(H2,12,14). The summed E-state index contributed by atoms with van der Waals surface area (Å²) in [4.78, 5) is 10.9. The van der Waals surface area contributed by atoms with Crippen molar-refractivity contribution in [2.45, 2.75) is 12.5 Å². The van der Waals surface area contributed by atoms with Crippen molar-refractivity contribution in [1.29, 1.82) is 0 Å². The van der Waals surface area contributed by atoms with Gasteiger partial charge in [-0.05, 0) is 31.2 Å². The minimum atomic E-state index is -1.17. The lowest BCUT2D eigenvalue weighted by atomic mass is 10.1. The van der Waals surface area contributed by atoms with Gasteiger partial charge in [0.2, 0.25) is 5.91 Å². The normalized spacial score (nSPS) is 13.9. The number of hydrogen-bond donors (Lipinski definition) is 2. The Labute approximate surface area is 94.3 Å². The van der Waals surface area contributed by atoms with Gasteiger partial charge in [-0.25, -0.2) is 0 Å². The number of ether oxygens (including phenoxy) is 2. The molecule has 0 aliphatic rings. The molecule has 0 saturated carbocycles. The molecule has 16 heavy (non-hydrogen) atoms. The first-order valence-corrected chi connectivity index (χ1v) is 4.81. The average molecular weight is 224 g/mol. The Morgan fingerprint density at radius 2 is 1.81 bits per heavy atom. The lowest BCUT2D eigenvalue weighted by Gasteiger charge is -2.20. The number of carbonyl (C=O) groups excluding carboxylic acids is 1. The maximum absolute atomic E-state index is 10.9. The Morgan fingerprint density at radius 3 is 2.25 bits per heavy atom. The van der Waals surface area contributed by atoms with Gasteiger partial charge in [-0.3, -0.25) is 4.79 Å². The van der Waals surface area contributed by atoms with Crippen LogP contribution in [0.1, 0.15) is 6.92 Å². The van der Waals surface area contributed by atoms with Crippen molar-refractivity contribution in [2.75, 3.05) is 13.7 Å². The number of rotatable bonds is 5. The molecule has 5 heteroatoms. The fourth-order valence-electron chi connectivity index (χ4n) is 0.976. The van der Waals surface area contributed by atoms with Gasteiger partial charge in [0.1, 0.15) is 23.6 Å². The van der Waals surface area contributed by atoms with Crippen molar-refractivity contribution in [1.82, 2.24) is 0 Å². The number of methoxy groups -OCH3 is 1. The summed E-state index contributed by atoms with van der Waals surface area (Å²) in [7, 11) is 1.58. The molecular weight excluding hydrogens is 208 g/mol. The topological polar surface area (TPSA) is 87.6 Å². The number of carbonyl (C=O) groups is 1. The van der Waals surface area contributed by atoms with Crippen LogP contribution in [-0.2, 0) is 4.79 Å². The van der Waals surface area contributed by atoms with Crippen LogP contribution in [0.15, 0.2) is 24.3 Å². The van der Waals surface area contributed by atoms with E-state index in [1.54, 1.807) is 31.4 Å². The molecule has 1 rings (SSSR count). The predicted molar refractivity (Wildman–Crippen MR) is 60.3 cm³/mol. The highest BCUT2D eigenvalue weighted by Gasteiger charge is 2.26. The summed E-state index contributed by atoms with van der Waals surface area (Å²) in [6, 6.07) is 6.98. The number of amides is 1. The molecule has 0 saturated heterocycles. The molecule has 0 radical (unpaired) electrons. The van der Waals surface area contributed by atoms with Gasteiger partial charge in [-0.15, -0.1) is 0 Å². The van der Waals surface area contributed by atoms with Gasteiger partial charge in [0.15, 0.2) is 0 Å². The molecule has 1 aromatic rings. The highest BCUT2D eigenvalue weighted by atomic mass is 16.5. The molecule has 0 aliphatic carbocycles. The van der Waals surface area contributed by atoms with E-state index in [4.69, 9.17) is 20.9 Å². The zero-order chi connectivity index (χ0) is 12.2. The maximum atomic E-state index is 10.9. The van der Waals surface area contributed by atoms with Crippen LogP contribution in [0.5, 0.6) is 11.5 Å². The molecule has 5 nitrogen and oxygen atoms in total. The summed E-state index contributed by atoms with van der Waals surface area (Å²) < 4.78 is 10.3. The van der Waals surface area contributed by atoms with Gasteiger partial charge in [0, 0.05) is 0 Å². The first-order valence-electron chi connectivity index (χ1n) is 4.81. The monoisotopic (exact) mass is 224 g/mol. The van der Waals surface area contributed by atoms with Gasteiger partial charge in [-0.1, -0.05) is 0 Å². The van der Waals surface area contributed by atoms with Crippen molar-refractivity contribution in [3.8, 4) is 11.5 Å². The van der Waals surface area contributed by atoms with E-state index in [-0.39, 0.29) is 6.61 Å². The molecule has 1 unspecified atom stereocenters. The van der Waals surface area contributed by atoms with Crippen LogP contribution in [0.2, 0.25) is 0 Å². The van der Waals surface area contributed by atoms with Gasteiger partial charge < -0.3 is 20.9 Å². The molecule has 1 amide bonds. The highest BCUT2D eigenvalue weighted by Crippen LogP contribution is 2.17. The molecular formula is C11H16N2O3. The SMILES string of the molecule is COc1ccc(OCC(C)(N)C(N)=O)cc1. The molecule has 1 atom stereocenters. The zero-order valence-electron chi connectivity index (χ0n) is 9.40. The van der Waals surface area contributed by atoms with Crippen molar-refractivity contribution >= 4 is 5.91 Å². The van der Waals surface area contributed by atoms with E-state index in [9.17, 15) is 4.79 Å². The lowest BCUT2D eigenvalue weighted by molar-refractivity contribution is -0.123. The zero-order valence-corrected chi connectivity index (χ0v) is 9.40. The fourth-order valence-corrected chi connectivity index (χ4v) is 0.976. The van der Waals surface area contributed by atoms with Gasteiger partial charge in [0.25, 0.3) is 0 Å². The Bertz CT molecular complexity index is 360. The van der Waals surface area contributed by atoms with Gasteiger partial charge in [-0.2, -0.15) is 0 Å². The summed E-state index contributed by atoms with van der Waals surface area (Å²) in [5.74, 6) is 0.748. The maximum Gasteiger partial charge on any atom is 0.240 e. The smallest absolute Gasteiger partial charge is 0.240 e. The summed E-state index contributed by atoms with van der Waals surface area (Å²) in [6.07, 6.45) is 0. The van der Waals surface area contributed by atoms with Crippen LogP contribution in [-0.4, -0.2) is 25.2 Å². The van der Waals surface area contributed by atoms with E-state index >= 15 is 0 Å². The van der Waals surface area contributed by atoms with E-state index < -0.39 is 11.4 Å². The number of benzene rings is 1. The van der Waals surface area contributed by atoms with Crippen LogP contribution < -0.4 is 20.9 Å². The minimum Gasteiger partial charge on any atom is -0.497 e. The van der Waals surface area contributed by atoms with Crippen LogP contribution in [0.4, 0.5) is 0 Å². The number of hydrogen-bond acceptors (Lipinski definition) is 4. The van der Waals surface area contributed by atoms with E-state index in [0.29, 0.717) is 5.75 Å². The Kier molecular flexibility index (Phi) is 3.73. The van der Waals surface area contributed by atoms with Crippen molar-refractivity contribution in [3.63, 3.8) is 0 Å². The second-order valence-electron chi connectivity index (χ2n) is 3.75. The molecule has 0 aromatic heterocycles. The molecule has 88 valence electrons. The molecule has 1 aromatic carbocycles. The second kappa shape index (κ2) is 4.85. The van der Waals surface area contributed by atoms with Crippen LogP contribution >= 0.6 is 0 Å². The molecule has 0 heterocycles. The first-order chi connectivity index (χ1) is 7.45. The summed E-state index contributed by atoms with van der Waals surface area (Å²) in [6.45, 7) is 1.56. The van der Waals surface area contributed by atoms with Gasteiger partial charge in [0.05, 0.1) is 7.11 Å². The Balaban J connectivity index is 2.58. The third kappa shape index (κ3) is 3.13. The quantitative estimate of drug-likeness (QED) is 0.751. The van der Waals surface area contributed by atoms with Crippen LogP contribution in [0.3, 0.4) is 0 Å². The van der Waals surface area contributed by atoms with Crippen molar-refractivity contribution in [2.24, 2.45) is 11.5 Å². The third-order valence-electron chi connectivity index (χ3n) is 2.16. The molecule has 0 spiro atoms. The Morgan fingerprint density at radius 1 is 1.31 bits per heavy atom. The number of primary amides is 1. The molecule has 4 N–H and O–H groups in total. The average Bonchev–Trinajstić information content (AvgIpc) is 2.27. The van der Waals surface area contributed by atoms with Crippen molar-refractivity contribution in [3.05, 3.63) is 24.3 Å². The van der Waals surface area contributed by atoms with E-state index in [1.165, 1.54) is 6.92 Å². The second-order valence-corrected chi connectivity index (χ2v) is 3.75. The fraction of sp³-hybridized carbons (Fsp3) is 0.364. The van der Waals surface area contributed by atoms with Gasteiger partial charge >= 0.3 is 0 Å². The van der Waals surface area contributed by atoms with Crippen LogP contribution in [0, 0.1) is 0 Å². The molecule has 0 aliphatic heterocycles. The van der Waals surface area contributed by atoms with E-state index in [0.717, 1.165) is 5.75 Å². The highest BCUT2D eigenvalue weighted by molar-refractivity contribution is 5.84. The third-order valence-corrected chi connectivity index (χ3v) is 2.16. The molecule has 0 bridgehead atoms. The number of nitrogens with two attached hydrogens (primary N) is 2. The molecule has 0 fully saturated rings. The Hall–Kier alpha value is -1.75. The minimum absolute atomic E-state index is 0.0364. The predicted octanol–water partition coefficient (Wildman–Crippen LogP) is 0.277. The van der Waals surface area contributed by atoms with E-state index in [2.05, 4.69) is 0 Å².